The Kier molecular flexibility index (Phi) is 9.86. The van der Waals surface area contributed by atoms with Crippen LogP contribution in [0.3, 0.4) is 0 Å². The topological polar surface area (TPSA) is 29.5 Å². The molecule has 1 aromatic carbocycles. The highest BCUT2D eigenvalue weighted by atomic mass is 32.1. The number of ketones is 1. The number of carbonyl (C=O) groups is 1. The Balaban J connectivity index is 1.69. The largest absolute Gasteiger partial charge is 0.493 e. The Morgan fingerprint density at radius 3 is 2.73 bits per heavy atom. The van der Waals surface area contributed by atoms with Gasteiger partial charge in [0, 0.05) is 31.3 Å². The van der Waals surface area contributed by atoms with Gasteiger partial charge in [0.05, 0.1) is 6.61 Å². The third kappa shape index (κ3) is 9.43. The molecule has 0 aliphatic rings. The molecule has 0 amide bonds. The van der Waals surface area contributed by atoms with Gasteiger partial charge in [-0.05, 0) is 73.5 Å². The van der Waals surface area contributed by atoms with Crippen molar-refractivity contribution in [3.8, 4) is 28.7 Å². The molecule has 0 unspecified atom stereocenters. The molecular weight excluding hydrogens is 390 g/mol. The zero-order valence-electron chi connectivity index (χ0n) is 18.6. The van der Waals surface area contributed by atoms with E-state index < -0.39 is 0 Å². The first kappa shape index (κ1) is 23.9. The fourth-order valence-corrected chi connectivity index (χ4v) is 3.45. The van der Waals surface area contributed by atoms with Gasteiger partial charge in [0.1, 0.15) is 11.5 Å². The number of rotatable bonds is 11. The van der Waals surface area contributed by atoms with Crippen LogP contribution in [0.5, 0.6) is 5.75 Å². The van der Waals surface area contributed by atoms with E-state index in [0.717, 1.165) is 30.9 Å². The van der Waals surface area contributed by atoms with Crippen molar-refractivity contribution in [3.63, 3.8) is 0 Å². The fourth-order valence-electron chi connectivity index (χ4n) is 2.78. The first-order valence-electron chi connectivity index (χ1n) is 10.5. The first-order valence-corrected chi connectivity index (χ1v) is 11.5. The highest BCUT2D eigenvalue weighted by Crippen LogP contribution is 2.25. The summed E-state index contributed by atoms with van der Waals surface area (Å²) in [7, 11) is 0. The van der Waals surface area contributed by atoms with Gasteiger partial charge >= 0.3 is 0 Å². The van der Waals surface area contributed by atoms with E-state index in [1.807, 2.05) is 24.3 Å². The second-order valence-corrected chi connectivity index (χ2v) is 9.02. The summed E-state index contributed by atoms with van der Waals surface area (Å²) in [4.78, 5) is 14.5. The van der Waals surface area contributed by atoms with Gasteiger partial charge in [-0.1, -0.05) is 37.0 Å². The Labute approximate surface area is 185 Å². The molecule has 0 N–H and O–H groups in total. The number of Topliss-reactive ketones (excluding diaryl/α,β-unsaturated/α-hetero) is 1. The quantitative estimate of drug-likeness (QED) is 0.411. The molecule has 2 aromatic rings. The minimum absolute atomic E-state index is 0.0223. The number of thiophene rings is 1. The van der Waals surface area contributed by atoms with Gasteiger partial charge in [0.15, 0.2) is 0 Å². The van der Waals surface area contributed by atoms with Crippen molar-refractivity contribution >= 4 is 17.1 Å². The van der Waals surface area contributed by atoms with Crippen LogP contribution in [0.15, 0.2) is 53.2 Å². The zero-order valence-corrected chi connectivity index (χ0v) is 19.4. The lowest BCUT2D eigenvalue weighted by Crippen LogP contribution is -2.26. The maximum Gasteiger partial charge on any atom is 0.137 e. The van der Waals surface area contributed by atoms with Gasteiger partial charge in [-0.2, -0.15) is 11.3 Å². The van der Waals surface area contributed by atoms with E-state index in [1.165, 1.54) is 5.56 Å². The summed E-state index contributed by atoms with van der Waals surface area (Å²) in [6.07, 6.45) is 4.96. The van der Waals surface area contributed by atoms with E-state index in [2.05, 4.69) is 73.4 Å². The monoisotopic (exact) mass is 423 g/mol. The molecular formula is C26H33NO2S. The molecule has 30 heavy (non-hydrogen) atoms. The summed E-state index contributed by atoms with van der Waals surface area (Å²) in [6.45, 7) is 11.3. The molecule has 1 heterocycles. The summed E-state index contributed by atoms with van der Waals surface area (Å²) in [6, 6.07) is 10.1. The van der Waals surface area contributed by atoms with E-state index in [0.29, 0.717) is 19.4 Å². The van der Waals surface area contributed by atoms with Crippen LogP contribution in [0.1, 0.15) is 40.5 Å². The molecule has 3 nitrogen and oxygen atoms in total. The van der Waals surface area contributed by atoms with Gasteiger partial charge in [0.25, 0.3) is 0 Å². The van der Waals surface area contributed by atoms with Crippen LogP contribution >= 0.6 is 11.3 Å². The maximum absolute atomic E-state index is 12.2. The minimum atomic E-state index is 0.0223. The number of nitrogens with zero attached hydrogens (tertiary/aromatic N) is 1. The highest BCUT2D eigenvalue weighted by molar-refractivity contribution is 7.08. The SMILES string of the molecule is CCN(C/C=C/C#CC(C)(C)C)CCC(=O)CCOc1cccc(-c2ccsc2)c1. The number of ether oxygens (including phenoxy) is 1. The summed E-state index contributed by atoms with van der Waals surface area (Å²) < 4.78 is 5.81. The van der Waals surface area contributed by atoms with Gasteiger partial charge in [0.2, 0.25) is 0 Å². The molecule has 0 aliphatic heterocycles. The first-order chi connectivity index (χ1) is 14.4. The molecule has 0 fully saturated rings. The van der Waals surface area contributed by atoms with Gasteiger partial charge in [-0.25, -0.2) is 0 Å². The lowest BCUT2D eigenvalue weighted by atomic mass is 9.98. The summed E-state index contributed by atoms with van der Waals surface area (Å²) in [5, 5.41) is 4.19. The molecule has 0 bridgehead atoms. The fraction of sp³-hybridized carbons (Fsp3) is 0.423. The minimum Gasteiger partial charge on any atom is -0.493 e. The van der Waals surface area contributed by atoms with E-state index in [1.54, 1.807) is 11.3 Å². The number of likely N-dealkylation sites (N-methyl/N-ethyl adjacent to an activating group) is 1. The second kappa shape index (κ2) is 12.4. The number of hydrogen-bond donors (Lipinski definition) is 0. The van der Waals surface area contributed by atoms with Crippen LogP contribution in [-0.4, -0.2) is 36.9 Å². The van der Waals surface area contributed by atoms with Crippen molar-refractivity contribution in [3.05, 3.63) is 53.2 Å². The molecule has 2 rings (SSSR count). The smallest absolute Gasteiger partial charge is 0.137 e. The third-order valence-electron chi connectivity index (χ3n) is 4.50. The molecule has 160 valence electrons. The summed E-state index contributed by atoms with van der Waals surface area (Å²) in [5.74, 6) is 7.32. The summed E-state index contributed by atoms with van der Waals surface area (Å²) in [5.41, 5.74) is 2.35. The number of hydrogen-bond acceptors (Lipinski definition) is 4. The Hall–Kier alpha value is -2.35. The predicted molar refractivity (Wildman–Crippen MR) is 128 cm³/mol. The number of allylic oxidation sites excluding steroid dienone is 1. The van der Waals surface area contributed by atoms with Crippen LogP contribution in [-0.2, 0) is 4.79 Å². The van der Waals surface area contributed by atoms with Crippen molar-refractivity contribution < 1.29 is 9.53 Å². The Bertz CT molecular complexity index is 866. The van der Waals surface area contributed by atoms with E-state index in [-0.39, 0.29) is 11.2 Å². The van der Waals surface area contributed by atoms with Crippen molar-refractivity contribution in [2.45, 2.75) is 40.5 Å². The average molecular weight is 424 g/mol. The predicted octanol–water partition coefficient (Wildman–Crippen LogP) is 6.07. The standard InChI is InChI=1S/C26H33NO2S/c1-5-27(16-8-6-7-15-26(2,3)4)17-12-24(28)13-18-29-25-11-9-10-22(20-25)23-14-19-30-21-23/h6,8-11,14,19-21H,5,12-13,16-18H2,1-4H3/b8-6+. The lowest BCUT2D eigenvalue weighted by molar-refractivity contribution is -0.119. The van der Waals surface area contributed by atoms with Crippen molar-refractivity contribution in [2.24, 2.45) is 5.41 Å². The van der Waals surface area contributed by atoms with Gasteiger partial charge < -0.3 is 4.74 Å². The van der Waals surface area contributed by atoms with Crippen LogP contribution in [0, 0.1) is 17.3 Å². The molecule has 0 radical (unpaired) electrons. The highest BCUT2D eigenvalue weighted by Gasteiger charge is 2.07. The van der Waals surface area contributed by atoms with E-state index in [9.17, 15) is 4.79 Å². The lowest BCUT2D eigenvalue weighted by Gasteiger charge is -2.17. The van der Waals surface area contributed by atoms with Crippen molar-refractivity contribution in [1.29, 1.82) is 0 Å². The van der Waals surface area contributed by atoms with E-state index >= 15 is 0 Å². The zero-order chi connectivity index (χ0) is 21.8. The molecule has 0 saturated heterocycles. The number of carbonyl (C=O) groups excluding carboxylic acids is 1. The van der Waals surface area contributed by atoms with Crippen molar-refractivity contribution in [1.82, 2.24) is 4.90 Å². The molecule has 0 atom stereocenters. The Morgan fingerprint density at radius 2 is 2.03 bits per heavy atom. The molecule has 1 aromatic heterocycles. The van der Waals surface area contributed by atoms with E-state index in [4.69, 9.17) is 4.74 Å². The average Bonchev–Trinajstić information content (AvgIpc) is 3.24. The van der Waals surface area contributed by atoms with Gasteiger partial charge in [-0.15, -0.1) is 0 Å². The Morgan fingerprint density at radius 1 is 1.20 bits per heavy atom. The summed E-state index contributed by atoms with van der Waals surface area (Å²) >= 11 is 1.68. The molecule has 0 saturated carbocycles. The van der Waals surface area contributed by atoms with Crippen LogP contribution in [0.25, 0.3) is 11.1 Å². The van der Waals surface area contributed by atoms with Crippen molar-refractivity contribution in [2.75, 3.05) is 26.2 Å². The molecule has 4 heteroatoms. The van der Waals surface area contributed by atoms with Crippen LogP contribution < -0.4 is 4.74 Å². The maximum atomic E-state index is 12.2. The number of benzene rings is 1. The van der Waals surface area contributed by atoms with Gasteiger partial charge in [-0.3, -0.25) is 9.69 Å². The molecule has 0 aliphatic carbocycles. The third-order valence-corrected chi connectivity index (χ3v) is 5.19. The second-order valence-electron chi connectivity index (χ2n) is 8.24. The van der Waals surface area contributed by atoms with Crippen LogP contribution in [0.2, 0.25) is 0 Å². The van der Waals surface area contributed by atoms with Crippen LogP contribution in [0.4, 0.5) is 0 Å². The normalized spacial score (nSPS) is 11.5. The molecule has 0 spiro atoms.